The summed E-state index contributed by atoms with van der Waals surface area (Å²) in [6, 6.07) is 12.3. The van der Waals surface area contributed by atoms with Crippen LogP contribution in [0.3, 0.4) is 0 Å². The maximum absolute atomic E-state index is 13.6. The summed E-state index contributed by atoms with van der Waals surface area (Å²) in [6.07, 6.45) is 0.238. The second kappa shape index (κ2) is 5.13. The number of ketones is 1. The second-order valence-electron chi connectivity index (χ2n) is 4.57. The topological polar surface area (TPSA) is 17.1 Å². The third-order valence-corrected chi connectivity index (χ3v) is 2.87. The van der Waals surface area contributed by atoms with Gasteiger partial charge in [-0.1, -0.05) is 41.5 Å². The van der Waals surface area contributed by atoms with Gasteiger partial charge in [-0.05, 0) is 31.5 Å². The summed E-state index contributed by atoms with van der Waals surface area (Å²) in [7, 11) is 0. The van der Waals surface area contributed by atoms with Gasteiger partial charge in [-0.25, -0.2) is 4.39 Å². The maximum Gasteiger partial charge on any atom is 0.170 e. The monoisotopic (exact) mass is 242 g/mol. The lowest BCUT2D eigenvalue weighted by Gasteiger charge is -2.05. The Hall–Kier alpha value is -1.96. The first-order valence-electron chi connectivity index (χ1n) is 5.91. The number of halogens is 1. The van der Waals surface area contributed by atoms with Crippen molar-refractivity contribution < 1.29 is 9.18 Å². The Morgan fingerprint density at radius 3 is 2.50 bits per heavy atom. The Morgan fingerprint density at radius 1 is 1.06 bits per heavy atom. The van der Waals surface area contributed by atoms with Gasteiger partial charge in [0.2, 0.25) is 0 Å². The molecule has 2 rings (SSSR count). The molecule has 0 amide bonds. The highest BCUT2D eigenvalue weighted by atomic mass is 19.1. The highest BCUT2D eigenvalue weighted by Crippen LogP contribution is 2.14. The van der Waals surface area contributed by atoms with E-state index in [9.17, 15) is 9.18 Å². The smallest absolute Gasteiger partial charge is 0.170 e. The number of aryl methyl sites for hydroxylation is 2. The van der Waals surface area contributed by atoms with E-state index < -0.39 is 5.82 Å². The molecule has 2 aromatic rings. The van der Waals surface area contributed by atoms with Gasteiger partial charge in [0.05, 0.1) is 5.56 Å². The van der Waals surface area contributed by atoms with E-state index in [0.717, 1.165) is 16.7 Å². The lowest BCUT2D eigenvalue weighted by molar-refractivity contribution is 0.0989. The van der Waals surface area contributed by atoms with Crippen LogP contribution in [0.1, 0.15) is 27.0 Å². The van der Waals surface area contributed by atoms with Crippen LogP contribution in [-0.4, -0.2) is 5.78 Å². The maximum atomic E-state index is 13.6. The van der Waals surface area contributed by atoms with Crippen molar-refractivity contribution in [1.29, 1.82) is 0 Å². The van der Waals surface area contributed by atoms with E-state index in [-0.39, 0.29) is 17.8 Å². The molecule has 0 atom stereocenters. The minimum Gasteiger partial charge on any atom is -0.294 e. The molecular weight excluding hydrogens is 227 g/mol. The van der Waals surface area contributed by atoms with Crippen molar-refractivity contribution in [1.82, 2.24) is 0 Å². The number of hydrogen-bond donors (Lipinski definition) is 0. The fraction of sp³-hybridized carbons (Fsp3) is 0.188. The van der Waals surface area contributed by atoms with Crippen molar-refractivity contribution in [2.45, 2.75) is 20.3 Å². The Bertz CT molecular complexity index is 587. The Kier molecular flexibility index (Phi) is 3.56. The van der Waals surface area contributed by atoms with Gasteiger partial charge in [-0.3, -0.25) is 4.79 Å². The summed E-state index contributed by atoms with van der Waals surface area (Å²) < 4.78 is 13.6. The molecule has 0 unspecified atom stereocenters. The summed E-state index contributed by atoms with van der Waals surface area (Å²) in [5.74, 6) is -0.625. The lowest BCUT2D eigenvalue weighted by Crippen LogP contribution is -2.06. The van der Waals surface area contributed by atoms with Crippen LogP contribution in [0.25, 0.3) is 0 Å². The largest absolute Gasteiger partial charge is 0.294 e. The molecule has 2 aromatic carbocycles. The average Bonchev–Trinajstić information content (AvgIpc) is 2.32. The molecule has 0 heterocycles. The number of hydrogen-bond acceptors (Lipinski definition) is 1. The van der Waals surface area contributed by atoms with Gasteiger partial charge in [0.25, 0.3) is 0 Å². The normalized spacial score (nSPS) is 10.4. The summed E-state index contributed by atoms with van der Waals surface area (Å²) in [5.41, 5.74) is 3.09. The first kappa shape index (κ1) is 12.5. The Labute approximate surface area is 106 Å². The number of Topliss-reactive ketones (excluding diaryl/α,β-unsaturated/α-hetero) is 1. The highest BCUT2D eigenvalue weighted by molar-refractivity contribution is 5.97. The van der Waals surface area contributed by atoms with Crippen LogP contribution >= 0.6 is 0 Å². The summed E-state index contributed by atoms with van der Waals surface area (Å²) in [5, 5.41) is 0. The predicted molar refractivity (Wildman–Crippen MR) is 70.4 cm³/mol. The van der Waals surface area contributed by atoms with Gasteiger partial charge < -0.3 is 0 Å². The first-order chi connectivity index (χ1) is 8.56. The van der Waals surface area contributed by atoms with Crippen LogP contribution in [-0.2, 0) is 6.42 Å². The molecule has 0 aliphatic heterocycles. The number of rotatable bonds is 3. The molecule has 0 radical (unpaired) electrons. The number of carbonyl (C=O) groups excluding carboxylic acids is 1. The van der Waals surface area contributed by atoms with E-state index in [1.165, 1.54) is 6.07 Å². The molecule has 0 saturated heterocycles. The van der Waals surface area contributed by atoms with Crippen LogP contribution in [0, 0.1) is 19.7 Å². The molecule has 0 N–H and O–H groups in total. The minimum atomic E-state index is -0.446. The Balaban J connectivity index is 2.24. The van der Waals surface area contributed by atoms with E-state index in [0.29, 0.717) is 0 Å². The van der Waals surface area contributed by atoms with Gasteiger partial charge in [0.1, 0.15) is 5.82 Å². The summed E-state index contributed by atoms with van der Waals surface area (Å²) in [4.78, 5) is 12.1. The van der Waals surface area contributed by atoms with Gasteiger partial charge in [0.15, 0.2) is 5.78 Å². The standard InChI is InChI=1S/C16H15FO/c1-11-4-3-5-13(8-11)10-16(18)14-9-12(2)6-7-15(14)17/h3-9H,10H2,1-2H3. The summed E-state index contributed by atoms with van der Waals surface area (Å²) >= 11 is 0. The van der Waals surface area contributed by atoms with E-state index in [1.807, 2.05) is 38.1 Å². The zero-order chi connectivity index (χ0) is 13.1. The third kappa shape index (κ3) is 2.83. The van der Waals surface area contributed by atoms with Gasteiger partial charge in [0, 0.05) is 6.42 Å². The van der Waals surface area contributed by atoms with E-state index in [4.69, 9.17) is 0 Å². The SMILES string of the molecule is Cc1cccc(CC(=O)c2cc(C)ccc2F)c1. The molecule has 2 heteroatoms. The van der Waals surface area contributed by atoms with E-state index >= 15 is 0 Å². The van der Waals surface area contributed by atoms with Crippen molar-refractivity contribution in [3.05, 3.63) is 70.5 Å². The van der Waals surface area contributed by atoms with Crippen LogP contribution in [0.2, 0.25) is 0 Å². The molecule has 1 nitrogen and oxygen atoms in total. The molecule has 0 aliphatic carbocycles. The third-order valence-electron chi connectivity index (χ3n) is 2.87. The second-order valence-corrected chi connectivity index (χ2v) is 4.57. The molecule has 0 bridgehead atoms. The molecule has 18 heavy (non-hydrogen) atoms. The van der Waals surface area contributed by atoms with Crippen molar-refractivity contribution in [3.8, 4) is 0 Å². The van der Waals surface area contributed by atoms with Crippen molar-refractivity contribution >= 4 is 5.78 Å². The predicted octanol–water partition coefficient (Wildman–Crippen LogP) is 3.87. The fourth-order valence-corrected chi connectivity index (χ4v) is 1.96. The molecule has 0 spiro atoms. The van der Waals surface area contributed by atoms with Crippen LogP contribution < -0.4 is 0 Å². The molecule has 0 saturated carbocycles. The first-order valence-corrected chi connectivity index (χ1v) is 5.91. The van der Waals surface area contributed by atoms with Gasteiger partial charge in [-0.2, -0.15) is 0 Å². The fourth-order valence-electron chi connectivity index (χ4n) is 1.96. The van der Waals surface area contributed by atoms with Crippen molar-refractivity contribution in [3.63, 3.8) is 0 Å². The van der Waals surface area contributed by atoms with Crippen molar-refractivity contribution in [2.75, 3.05) is 0 Å². The average molecular weight is 242 g/mol. The quantitative estimate of drug-likeness (QED) is 0.747. The molecular formula is C16H15FO. The number of benzene rings is 2. The highest BCUT2D eigenvalue weighted by Gasteiger charge is 2.12. The van der Waals surface area contributed by atoms with Crippen LogP contribution in [0.5, 0.6) is 0 Å². The molecule has 92 valence electrons. The van der Waals surface area contributed by atoms with Gasteiger partial charge >= 0.3 is 0 Å². The van der Waals surface area contributed by atoms with E-state index in [1.54, 1.807) is 12.1 Å². The zero-order valence-corrected chi connectivity index (χ0v) is 10.5. The minimum absolute atomic E-state index is 0.177. The zero-order valence-electron chi connectivity index (χ0n) is 10.5. The molecule has 0 aromatic heterocycles. The van der Waals surface area contributed by atoms with Crippen molar-refractivity contribution in [2.24, 2.45) is 0 Å². The summed E-state index contributed by atoms with van der Waals surface area (Å²) in [6.45, 7) is 3.82. The molecule has 0 fully saturated rings. The van der Waals surface area contributed by atoms with Crippen LogP contribution in [0.4, 0.5) is 4.39 Å². The van der Waals surface area contributed by atoms with E-state index in [2.05, 4.69) is 0 Å². The van der Waals surface area contributed by atoms with Gasteiger partial charge in [-0.15, -0.1) is 0 Å². The lowest BCUT2D eigenvalue weighted by atomic mass is 10.00. The Morgan fingerprint density at radius 2 is 1.78 bits per heavy atom. The molecule has 0 aliphatic rings. The van der Waals surface area contributed by atoms with Crippen LogP contribution in [0.15, 0.2) is 42.5 Å². The number of carbonyl (C=O) groups is 1.